The molecule has 0 aliphatic heterocycles. The maximum Gasteiger partial charge on any atom is 0.179 e. The van der Waals surface area contributed by atoms with Crippen LogP contribution in [0.3, 0.4) is 0 Å². The second-order valence-corrected chi connectivity index (χ2v) is 7.70. The molecule has 112 valence electrons. The molecule has 0 aromatic heterocycles. The first kappa shape index (κ1) is 17.1. The number of hydrogen-bond acceptors (Lipinski definition) is 2. The summed E-state index contributed by atoms with van der Waals surface area (Å²) < 4.78 is 11.6. The van der Waals surface area contributed by atoms with Crippen molar-refractivity contribution in [2.75, 3.05) is 19.8 Å². The molecular formula is C17H28O2Si. The minimum atomic E-state index is -1.07. The highest BCUT2D eigenvalue weighted by molar-refractivity contribution is 6.51. The van der Waals surface area contributed by atoms with Crippen molar-refractivity contribution in [3.63, 3.8) is 0 Å². The Morgan fingerprint density at radius 1 is 1.20 bits per heavy atom. The summed E-state index contributed by atoms with van der Waals surface area (Å²) in [4.78, 5) is 0. The lowest BCUT2D eigenvalue weighted by Crippen LogP contribution is -2.21. The number of ether oxygens (including phenoxy) is 1. The first-order chi connectivity index (χ1) is 9.80. The molecule has 2 nitrogen and oxygen atoms in total. The summed E-state index contributed by atoms with van der Waals surface area (Å²) in [6.45, 7) is 10.6. The molecule has 0 heterocycles. The normalized spacial score (nSPS) is 12.3. The van der Waals surface area contributed by atoms with E-state index >= 15 is 0 Å². The van der Waals surface area contributed by atoms with E-state index in [-0.39, 0.29) is 0 Å². The van der Waals surface area contributed by atoms with E-state index in [1.807, 2.05) is 13.0 Å². The molecule has 0 bridgehead atoms. The first-order valence-corrected chi connectivity index (χ1v) is 9.81. The van der Waals surface area contributed by atoms with Crippen LogP contribution in [0.1, 0.15) is 31.4 Å². The van der Waals surface area contributed by atoms with Crippen molar-refractivity contribution >= 4 is 15.1 Å². The van der Waals surface area contributed by atoms with Crippen LogP contribution < -0.4 is 0 Å². The smallest absolute Gasteiger partial charge is 0.179 e. The minimum Gasteiger partial charge on any atom is -0.420 e. The second-order valence-electron chi connectivity index (χ2n) is 4.97. The van der Waals surface area contributed by atoms with Crippen LogP contribution in [-0.2, 0) is 15.6 Å². The van der Waals surface area contributed by atoms with Gasteiger partial charge < -0.3 is 9.16 Å². The maximum atomic E-state index is 6.14. The third-order valence-corrected chi connectivity index (χ3v) is 6.14. The fourth-order valence-corrected chi connectivity index (χ4v) is 4.36. The van der Waals surface area contributed by atoms with Crippen LogP contribution in [0.2, 0.25) is 12.1 Å². The molecule has 0 aliphatic carbocycles. The molecule has 0 spiro atoms. The average molecular weight is 292 g/mol. The van der Waals surface area contributed by atoms with Crippen LogP contribution in [0.5, 0.6) is 0 Å². The topological polar surface area (TPSA) is 18.5 Å². The first-order valence-electron chi connectivity index (χ1n) is 7.70. The summed E-state index contributed by atoms with van der Waals surface area (Å²) in [6, 6.07) is 10.9. The molecule has 3 heteroatoms. The lowest BCUT2D eigenvalue weighted by atomic mass is 10.1. The zero-order valence-electron chi connectivity index (χ0n) is 12.9. The zero-order chi connectivity index (χ0) is 14.6. The molecule has 20 heavy (non-hydrogen) atoms. The number of benzene rings is 1. The summed E-state index contributed by atoms with van der Waals surface area (Å²) >= 11 is 0. The van der Waals surface area contributed by atoms with E-state index in [1.54, 1.807) is 0 Å². The van der Waals surface area contributed by atoms with Gasteiger partial charge in [0.2, 0.25) is 0 Å². The molecule has 0 aliphatic rings. The van der Waals surface area contributed by atoms with E-state index in [4.69, 9.17) is 9.16 Å². The van der Waals surface area contributed by atoms with Crippen molar-refractivity contribution in [3.8, 4) is 0 Å². The molecule has 1 unspecified atom stereocenters. The van der Waals surface area contributed by atoms with Crippen LogP contribution in [0.15, 0.2) is 30.8 Å². The molecule has 1 atom stereocenters. The highest BCUT2D eigenvalue weighted by atomic mass is 28.3. The van der Waals surface area contributed by atoms with Gasteiger partial charge in [0.05, 0.1) is 0 Å². The Bertz CT molecular complexity index is 379. The van der Waals surface area contributed by atoms with Gasteiger partial charge in [-0.15, -0.1) is 0 Å². The molecular weight excluding hydrogens is 264 g/mol. The highest BCUT2D eigenvalue weighted by Gasteiger charge is 2.10. The van der Waals surface area contributed by atoms with Gasteiger partial charge in [0, 0.05) is 19.8 Å². The van der Waals surface area contributed by atoms with Crippen LogP contribution in [0.4, 0.5) is 0 Å². The van der Waals surface area contributed by atoms with Gasteiger partial charge in [-0.25, -0.2) is 0 Å². The van der Waals surface area contributed by atoms with Gasteiger partial charge in [-0.1, -0.05) is 50.3 Å². The molecule has 0 saturated heterocycles. The van der Waals surface area contributed by atoms with Crippen LogP contribution in [-0.4, -0.2) is 28.9 Å². The van der Waals surface area contributed by atoms with E-state index < -0.39 is 9.04 Å². The lowest BCUT2D eigenvalue weighted by molar-refractivity contribution is 0.157. The average Bonchev–Trinajstić information content (AvgIpc) is 2.48. The van der Waals surface area contributed by atoms with Crippen LogP contribution >= 0.6 is 0 Å². The third-order valence-electron chi connectivity index (χ3n) is 3.33. The van der Waals surface area contributed by atoms with Gasteiger partial charge in [0.1, 0.15) is 0 Å². The van der Waals surface area contributed by atoms with Gasteiger partial charge in [0.15, 0.2) is 9.04 Å². The van der Waals surface area contributed by atoms with Crippen molar-refractivity contribution in [2.45, 2.75) is 38.8 Å². The van der Waals surface area contributed by atoms with E-state index in [1.165, 1.54) is 23.6 Å². The molecule has 0 fully saturated rings. The van der Waals surface area contributed by atoms with Gasteiger partial charge in [-0.3, -0.25) is 0 Å². The quantitative estimate of drug-likeness (QED) is 0.452. The number of hydrogen-bond donors (Lipinski definition) is 0. The monoisotopic (exact) mass is 292 g/mol. The van der Waals surface area contributed by atoms with E-state index in [0.717, 1.165) is 32.3 Å². The summed E-state index contributed by atoms with van der Waals surface area (Å²) in [5, 5.41) is 0. The second kappa shape index (κ2) is 10.8. The van der Waals surface area contributed by atoms with E-state index in [9.17, 15) is 0 Å². The summed E-state index contributed by atoms with van der Waals surface area (Å²) in [6.07, 6.45) is 4.10. The molecule has 0 amide bonds. The Kier molecular flexibility index (Phi) is 9.29. The van der Waals surface area contributed by atoms with E-state index in [2.05, 4.69) is 37.8 Å². The Morgan fingerprint density at radius 3 is 2.75 bits per heavy atom. The minimum absolute atomic E-state index is 0.807. The van der Waals surface area contributed by atoms with Crippen molar-refractivity contribution in [2.24, 2.45) is 0 Å². The van der Waals surface area contributed by atoms with Crippen molar-refractivity contribution in [1.29, 1.82) is 0 Å². The number of rotatable bonds is 11. The van der Waals surface area contributed by atoms with Crippen molar-refractivity contribution < 1.29 is 9.16 Å². The van der Waals surface area contributed by atoms with Gasteiger partial charge >= 0.3 is 0 Å². The molecule has 1 aromatic carbocycles. The predicted molar refractivity (Wildman–Crippen MR) is 89.7 cm³/mol. The highest BCUT2D eigenvalue weighted by Crippen LogP contribution is 2.10. The Hall–Kier alpha value is -0.903. The Morgan fingerprint density at radius 2 is 2.05 bits per heavy atom. The van der Waals surface area contributed by atoms with Gasteiger partial charge in [0.25, 0.3) is 0 Å². The standard InChI is InChI=1S/C17H28O2Si/c1-4-13-20(14-12-18-6-3)19-11-10-17-9-7-8-16(5-2)15-17/h5,7-9,15,20H,2,4,6,10-14H2,1,3H3. The zero-order valence-corrected chi connectivity index (χ0v) is 14.1. The molecule has 0 saturated carbocycles. The van der Waals surface area contributed by atoms with Crippen molar-refractivity contribution in [1.82, 2.24) is 0 Å². The Labute approximate surface area is 125 Å². The fraction of sp³-hybridized carbons (Fsp3) is 0.529. The lowest BCUT2D eigenvalue weighted by Gasteiger charge is -2.15. The van der Waals surface area contributed by atoms with Gasteiger partial charge in [-0.2, -0.15) is 0 Å². The Balaban J connectivity index is 2.32. The van der Waals surface area contributed by atoms with E-state index in [0.29, 0.717) is 0 Å². The van der Waals surface area contributed by atoms with Crippen molar-refractivity contribution in [3.05, 3.63) is 42.0 Å². The summed E-state index contributed by atoms with van der Waals surface area (Å²) in [7, 11) is -1.07. The van der Waals surface area contributed by atoms with Crippen LogP contribution in [0.25, 0.3) is 6.08 Å². The SMILES string of the molecule is C=Cc1cccc(CCO[SiH](CCC)CCOCC)c1. The van der Waals surface area contributed by atoms with Crippen LogP contribution in [0, 0.1) is 0 Å². The maximum absolute atomic E-state index is 6.14. The summed E-state index contributed by atoms with van der Waals surface area (Å²) in [5.74, 6) is 0. The molecule has 0 N–H and O–H groups in total. The molecule has 0 radical (unpaired) electrons. The summed E-state index contributed by atoms with van der Waals surface area (Å²) in [5.41, 5.74) is 2.51. The molecule has 1 aromatic rings. The fourth-order valence-electron chi connectivity index (χ4n) is 2.21. The predicted octanol–water partition coefficient (Wildman–Crippen LogP) is 4.06. The largest absolute Gasteiger partial charge is 0.420 e. The third kappa shape index (κ3) is 7.03. The molecule has 1 rings (SSSR count). The van der Waals surface area contributed by atoms with Gasteiger partial charge in [-0.05, 0) is 36.6 Å².